The largest absolute Gasteiger partial charge is 0.458 e. The number of carbonyl (C=O) groups is 1. The smallest absolute Gasteiger partial charge is 0.224 e. The minimum absolute atomic E-state index is 0.0520. The third-order valence-corrected chi connectivity index (χ3v) is 5.32. The lowest BCUT2D eigenvalue weighted by Gasteiger charge is -2.34. The normalized spacial score (nSPS) is 18.5. The Morgan fingerprint density at radius 2 is 1.87 bits per heavy atom. The summed E-state index contributed by atoms with van der Waals surface area (Å²) in [5.74, 6) is 1.89. The monoisotopic (exact) mass is 323 g/mol. The van der Waals surface area contributed by atoms with Crippen LogP contribution in [0.2, 0.25) is 0 Å². The number of furan rings is 1. The van der Waals surface area contributed by atoms with Crippen molar-refractivity contribution in [3.8, 4) is 0 Å². The molecule has 0 spiro atoms. The quantitative estimate of drug-likeness (QED) is 0.706. The molecule has 3 aromatic rings. The number of hydrogen-bond acceptors (Lipinski definition) is 3. The summed E-state index contributed by atoms with van der Waals surface area (Å²) in [5.41, 5.74) is 2.02. The molecule has 2 aromatic carbocycles. The first-order valence-electron chi connectivity index (χ1n) is 7.75. The molecule has 0 aliphatic carbocycles. The molecular weight excluding hydrogens is 306 g/mol. The summed E-state index contributed by atoms with van der Waals surface area (Å²) in [6.45, 7) is 0.619. The fourth-order valence-corrected chi connectivity index (χ4v) is 4.10. The minimum Gasteiger partial charge on any atom is -0.458 e. The van der Waals surface area contributed by atoms with E-state index >= 15 is 0 Å². The van der Waals surface area contributed by atoms with Gasteiger partial charge in [-0.25, -0.2) is 0 Å². The fraction of sp³-hybridized carbons (Fsp3) is 0.211. The lowest BCUT2D eigenvalue weighted by molar-refractivity contribution is -0.133. The number of fused-ring (bicyclic) bond motifs is 1. The van der Waals surface area contributed by atoms with Gasteiger partial charge in [0.1, 0.15) is 16.7 Å². The predicted molar refractivity (Wildman–Crippen MR) is 93.0 cm³/mol. The van der Waals surface area contributed by atoms with Gasteiger partial charge in [0, 0.05) is 24.1 Å². The van der Waals surface area contributed by atoms with Crippen LogP contribution in [-0.4, -0.2) is 16.6 Å². The molecule has 1 aromatic heterocycles. The van der Waals surface area contributed by atoms with Gasteiger partial charge in [-0.2, -0.15) is 0 Å². The highest BCUT2D eigenvalue weighted by molar-refractivity contribution is 7.99. The molecule has 0 bridgehead atoms. The second-order valence-electron chi connectivity index (χ2n) is 5.67. The second kappa shape index (κ2) is 6.13. The molecule has 1 aliphatic rings. The maximum Gasteiger partial charge on any atom is 0.224 e. The van der Waals surface area contributed by atoms with Crippen LogP contribution >= 0.6 is 11.8 Å². The van der Waals surface area contributed by atoms with Crippen molar-refractivity contribution in [2.75, 3.05) is 5.75 Å². The molecule has 1 atom stereocenters. The van der Waals surface area contributed by atoms with Crippen LogP contribution in [-0.2, 0) is 11.3 Å². The van der Waals surface area contributed by atoms with Gasteiger partial charge in [-0.3, -0.25) is 4.79 Å². The fourth-order valence-electron chi connectivity index (χ4n) is 2.93. The Labute approximate surface area is 139 Å². The standard InChI is InChI=1S/C19H17NO2S/c21-18-10-11-23-19(20(18)13-14-6-2-1-3-7-14)17-12-15-8-4-5-9-16(15)22-17/h1-9,12,19H,10-11,13H2. The summed E-state index contributed by atoms with van der Waals surface area (Å²) in [5, 5.41) is 1.03. The van der Waals surface area contributed by atoms with E-state index in [1.165, 1.54) is 0 Å². The third kappa shape index (κ3) is 2.86. The van der Waals surface area contributed by atoms with E-state index in [0.29, 0.717) is 13.0 Å². The van der Waals surface area contributed by atoms with Gasteiger partial charge in [0.15, 0.2) is 0 Å². The van der Waals surface area contributed by atoms with Crippen molar-refractivity contribution in [1.29, 1.82) is 0 Å². The number of rotatable bonds is 3. The van der Waals surface area contributed by atoms with Crippen molar-refractivity contribution < 1.29 is 9.21 Å². The summed E-state index contributed by atoms with van der Waals surface area (Å²) >= 11 is 1.77. The number of hydrogen-bond donors (Lipinski definition) is 0. The average molecular weight is 323 g/mol. The first-order chi connectivity index (χ1) is 11.3. The Morgan fingerprint density at radius 1 is 1.09 bits per heavy atom. The second-order valence-corrected chi connectivity index (χ2v) is 6.86. The maximum atomic E-state index is 12.5. The van der Waals surface area contributed by atoms with Crippen LogP contribution in [0.4, 0.5) is 0 Å². The van der Waals surface area contributed by atoms with E-state index in [4.69, 9.17) is 4.42 Å². The molecule has 3 nitrogen and oxygen atoms in total. The highest BCUT2D eigenvalue weighted by atomic mass is 32.2. The van der Waals surface area contributed by atoms with Gasteiger partial charge < -0.3 is 9.32 Å². The molecule has 0 saturated carbocycles. The Kier molecular flexibility index (Phi) is 3.83. The van der Waals surface area contributed by atoms with Crippen LogP contribution in [0, 0.1) is 0 Å². The van der Waals surface area contributed by atoms with Gasteiger partial charge in [0.2, 0.25) is 5.91 Å². The summed E-state index contributed by atoms with van der Waals surface area (Å²) in [6, 6.07) is 20.2. The number of para-hydroxylation sites is 1. The van der Waals surface area contributed by atoms with E-state index in [1.807, 2.05) is 47.4 Å². The van der Waals surface area contributed by atoms with Crippen molar-refractivity contribution >= 4 is 28.6 Å². The molecule has 0 N–H and O–H groups in total. The van der Waals surface area contributed by atoms with Crippen LogP contribution in [0.1, 0.15) is 23.1 Å². The summed E-state index contributed by atoms with van der Waals surface area (Å²) in [6.07, 6.45) is 0.591. The maximum absolute atomic E-state index is 12.5. The van der Waals surface area contributed by atoms with Gasteiger partial charge in [-0.05, 0) is 17.7 Å². The van der Waals surface area contributed by atoms with E-state index in [9.17, 15) is 4.79 Å². The molecular formula is C19H17NO2S. The van der Waals surface area contributed by atoms with Crippen LogP contribution in [0.15, 0.2) is 65.1 Å². The number of thioether (sulfide) groups is 1. The SMILES string of the molecule is O=C1CCSC(c2cc3ccccc3o2)N1Cc1ccccc1. The lowest BCUT2D eigenvalue weighted by Crippen LogP contribution is -2.36. The Balaban J connectivity index is 1.67. The van der Waals surface area contributed by atoms with Crippen molar-refractivity contribution in [2.45, 2.75) is 18.3 Å². The summed E-state index contributed by atoms with van der Waals surface area (Å²) in [7, 11) is 0. The van der Waals surface area contributed by atoms with Crippen LogP contribution in [0.25, 0.3) is 11.0 Å². The third-order valence-electron chi connectivity index (χ3n) is 4.08. The van der Waals surface area contributed by atoms with Gasteiger partial charge in [0.05, 0.1) is 0 Å². The number of nitrogens with zero attached hydrogens (tertiary/aromatic N) is 1. The van der Waals surface area contributed by atoms with Crippen molar-refractivity contribution in [3.63, 3.8) is 0 Å². The molecule has 23 heavy (non-hydrogen) atoms. The van der Waals surface area contributed by atoms with E-state index < -0.39 is 0 Å². The zero-order valence-electron chi connectivity index (χ0n) is 12.6. The van der Waals surface area contributed by atoms with Gasteiger partial charge in [0.25, 0.3) is 0 Å². The van der Waals surface area contributed by atoms with Crippen LogP contribution < -0.4 is 0 Å². The first kappa shape index (κ1) is 14.4. The highest BCUT2D eigenvalue weighted by Crippen LogP contribution is 2.40. The molecule has 0 radical (unpaired) electrons. The van der Waals surface area contributed by atoms with E-state index in [-0.39, 0.29) is 11.3 Å². The van der Waals surface area contributed by atoms with E-state index in [0.717, 1.165) is 28.0 Å². The molecule has 1 amide bonds. The minimum atomic E-state index is -0.0520. The van der Waals surface area contributed by atoms with E-state index in [1.54, 1.807) is 11.8 Å². The van der Waals surface area contributed by atoms with Crippen molar-refractivity contribution in [3.05, 3.63) is 72.0 Å². The molecule has 2 heterocycles. The molecule has 1 saturated heterocycles. The zero-order chi connectivity index (χ0) is 15.6. The molecule has 1 unspecified atom stereocenters. The van der Waals surface area contributed by atoms with E-state index in [2.05, 4.69) is 18.2 Å². The Hall–Kier alpha value is -2.20. The van der Waals surface area contributed by atoms with Crippen LogP contribution in [0.3, 0.4) is 0 Å². The molecule has 116 valence electrons. The van der Waals surface area contributed by atoms with Gasteiger partial charge in [-0.15, -0.1) is 11.8 Å². The number of benzene rings is 2. The number of amides is 1. The Bertz CT molecular complexity index is 795. The van der Waals surface area contributed by atoms with Gasteiger partial charge in [-0.1, -0.05) is 48.5 Å². The number of carbonyl (C=O) groups excluding carboxylic acids is 1. The van der Waals surface area contributed by atoms with Crippen molar-refractivity contribution in [2.24, 2.45) is 0 Å². The Morgan fingerprint density at radius 3 is 2.70 bits per heavy atom. The predicted octanol–water partition coefficient (Wildman–Crippen LogP) is 4.60. The van der Waals surface area contributed by atoms with Crippen molar-refractivity contribution in [1.82, 2.24) is 4.90 Å². The molecule has 4 heteroatoms. The zero-order valence-corrected chi connectivity index (χ0v) is 13.5. The summed E-state index contributed by atoms with van der Waals surface area (Å²) in [4.78, 5) is 14.4. The van der Waals surface area contributed by atoms with Crippen LogP contribution in [0.5, 0.6) is 0 Å². The topological polar surface area (TPSA) is 33.5 Å². The molecule has 1 fully saturated rings. The lowest BCUT2D eigenvalue weighted by atomic mass is 10.2. The molecule has 4 rings (SSSR count). The molecule has 1 aliphatic heterocycles. The average Bonchev–Trinajstić information content (AvgIpc) is 3.01. The summed E-state index contributed by atoms with van der Waals surface area (Å²) < 4.78 is 6.01. The van der Waals surface area contributed by atoms with Gasteiger partial charge >= 0.3 is 0 Å². The first-order valence-corrected chi connectivity index (χ1v) is 8.79. The highest BCUT2D eigenvalue weighted by Gasteiger charge is 2.32.